The molecule has 7 nitrogen and oxygen atoms in total. The number of benzene rings is 1. The third-order valence-electron chi connectivity index (χ3n) is 4.64. The smallest absolute Gasteiger partial charge is 0.408 e. The average Bonchev–Trinajstić information content (AvgIpc) is 3.28. The number of carbonyl (C=O) groups is 2. The van der Waals surface area contributed by atoms with Crippen molar-refractivity contribution >= 4 is 23.3 Å². The summed E-state index contributed by atoms with van der Waals surface area (Å²) >= 11 is 1.56. The number of methoxy groups -OCH3 is 2. The van der Waals surface area contributed by atoms with E-state index in [1.807, 2.05) is 36.6 Å². The summed E-state index contributed by atoms with van der Waals surface area (Å²) in [5.74, 6) is 0.885. The first-order valence-electron chi connectivity index (χ1n) is 10.8. The zero-order chi connectivity index (χ0) is 24.4. The number of nitrogens with one attached hydrogen (secondary N) is 1. The molecule has 1 aromatic carbocycles. The van der Waals surface area contributed by atoms with Gasteiger partial charge in [-0.05, 0) is 50.8 Å². The van der Waals surface area contributed by atoms with E-state index in [-0.39, 0.29) is 12.5 Å². The summed E-state index contributed by atoms with van der Waals surface area (Å²) in [5.41, 5.74) is -0.159. The van der Waals surface area contributed by atoms with Crippen molar-refractivity contribution in [3.05, 3.63) is 64.1 Å². The maximum Gasteiger partial charge on any atom is 0.408 e. The molecule has 0 saturated carbocycles. The summed E-state index contributed by atoms with van der Waals surface area (Å²) in [7, 11) is 3.12. The first-order valence-corrected chi connectivity index (χ1v) is 11.7. The van der Waals surface area contributed by atoms with E-state index >= 15 is 0 Å². The van der Waals surface area contributed by atoms with Gasteiger partial charge in [-0.25, -0.2) is 4.79 Å². The molecule has 1 N–H and O–H groups in total. The molecular weight excluding hydrogens is 440 g/mol. The molecule has 0 spiro atoms. The summed E-state index contributed by atoms with van der Waals surface area (Å²) in [6.07, 6.45) is 2.03. The minimum Gasteiger partial charge on any atom is -0.500 e. The molecule has 2 amide bonds. The molecule has 0 radical (unpaired) electrons. The van der Waals surface area contributed by atoms with Crippen LogP contribution >= 0.6 is 11.3 Å². The second kappa shape index (κ2) is 12.3. The molecule has 2 rings (SSSR count). The highest BCUT2D eigenvalue weighted by atomic mass is 32.1. The van der Waals surface area contributed by atoms with Gasteiger partial charge in [0.15, 0.2) is 0 Å². The third-order valence-corrected chi connectivity index (χ3v) is 5.50. The first-order chi connectivity index (χ1) is 15.7. The van der Waals surface area contributed by atoms with E-state index in [1.165, 1.54) is 7.11 Å². The number of nitrogens with zero attached hydrogens (tertiary/aromatic N) is 1. The number of thiophene rings is 1. The van der Waals surface area contributed by atoms with Gasteiger partial charge in [-0.3, -0.25) is 4.79 Å². The van der Waals surface area contributed by atoms with Crippen molar-refractivity contribution in [3.8, 4) is 5.75 Å². The maximum atomic E-state index is 13.9. The van der Waals surface area contributed by atoms with Crippen LogP contribution < -0.4 is 10.1 Å². The van der Waals surface area contributed by atoms with Gasteiger partial charge in [0.25, 0.3) is 5.91 Å². The van der Waals surface area contributed by atoms with Gasteiger partial charge in [0.2, 0.25) is 0 Å². The van der Waals surface area contributed by atoms with Crippen LogP contribution in [0, 0.1) is 0 Å². The van der Waals surface area contributed by atoms with Gasteiger partial charge in [-0.2, -0.15) is 0 Å². The molecule has 0 fully saturated rings. The first kappa shape index (κ1) is 26.3. The van der Waals surface area contributed by atoms with E-state index in [0.717, 1.165) is 11.3 Å². The Hall–Kier alpha value is -3.00. The van der Waals surface area contributed by atoms with E-state index in [2.05, 4.69) is 5.32 Å². The molecule has 0 saturated heterocycles. The normalized spacial score (nSPS) is 12.6. The van der Waals surface area contributed by atoms with Crippen LogP contribution in [0.25, 0.3) is 0 Å². The van der Waals surface area contributed by atoms with Crippen LogP contribution in [0.2, 0.25) is 0 Å². The van der Waals surface area contributed by atoms with Crippen molar-refractivity contribution in [3.63, 3.8) is 0 Å². The zero-order valence-corrected chi connectivity index (χ0v) is 21.0. The van der Waals surface area contributed by atoms with Gasteiger partial charge in [0, 0.05) is 10.4 Å². The third kappa shape index (κ3) is 8.13. The number of rotatable bonds is 10. The highest BCUT2D eigenvalue weighted by Gasteiger charge is 2.32. The minimum absolute atomic E-state index is 0.267. The Balaban J connectivity index is 2.45. The standard InChI is InChI=1S/C25H34N2O5S/c1-7-11-18(30-5)16-27(17-19-12-10-15-33-19)23(28)22(26-24(29)32-25(2,3)4)20-13-8-9-14-21(20)31-6/h8-15,22H,7,16-17H2,1-6H3,(H,26,29)/b18-11-. The van der Waals surface area contributed by atoms with E-state index in [1.54, 1.807) is 62.3 Å². The molecule has 0 aliphatic carbocycles. The fourth-order valence-electron chi connectivity index (χ4n) is 3.22. The Morgan fingerprint density at radius 3 is 2.45 bits per heavy atom. The molecule has 1 aromatic heterocycles. The molecule has 2 aromatic rings. The van der Waals surface area contributed by atoms with E-state index in [4.69, 9.17) is 14.2 Å². The van der Waals surface area contributed by atoms with Gasteiger partial charge in [0.1, 0.15) is 23.2 Å². The molecule has 33 heavy (non-hydrogen) atoms. The number of ether oxygens (including phenoxy) is 3. The molecule has 180 valence electrons. The number of hydrogen-bond acceptors (Lipinski definition) is 6. The Kier molecular flexibility index (Phi) is 9.78. The highest BCUT2D eigenvalue weighted by Crippen LogP contribution is 2.28. The summed E-state index contributed by atoms with van der Waals surface area (Å²) in [6.45, 7) is 7.97. The van der Waals surface area contributed by atoms with Crippen LogP contribution in [0.15, 0.2) is 53.6 Å². The summed E-state index contributed by atoms with van der Waals surface area (Å²) in [4.78, 5) is 29.3. The lowest BCUT2D eigenvalue weighted by Crippen LogP contribution is -2.45. The van der Waals surface area contributed by atoms with Crippen molar-refractivity contribution in [2.45, 2.75) is 52.3 Å². The van der Waals surface area contributed by atoms with Crippen molar-refractivity contribution in [2.75, 3.05) is 20.8 Å². The molecule has 0 bridgehead atoms. The Morgan fingerprint density at radius 1 is 1.15 bits per heavy atom. The van der Waals surface area contributed by atoms with Crippen LogP contribution in [0.1, 0.15) is 50.6 Å². The quantitative estimate of drug-likeness (QED) is 0.474. The molecular formula is C25H34N2O5S. The Morgan fingerprint density at radius 2 is 1.88 bits per heavy atom. The van der Waals surface area contributed by atoms with E-state index in [0.29, 0.717) is 23.6 Å². The molecule has 1 heterocycles. The van der Waals surface area contributed by atoms with Gasteiger partial charge in [0.05, 0.1) is 27.3 Å². The fourth-order valence-corrected chi connectivity index (χ4v) is 3.94. The van der Waals surface area contributed by atoms with Gasteiger partial charge >= 0.3 is 6.09 Å². The molecule has 1 unspecified atom stereocenters. The number of amides is 2. The van der Waals surface area contributed by atoms with Crippen LogP contribution in [-0.2, 0) is 20.8 Å². The van der Waals surface area contributed by atoms with Crippen LogP contribution in [0.3, 0.4) is 0 Å². The molecule has 0 aliphatic heterocycles. The van der Waals surface area contributed by atoms with Crippen molar-refractivity contribution in [1.29, 1.82) is 0 Å². The topological polar surface area (TPSA) is 77.1 Å². The number of alkyl carbamates (subject to hydrolysis) is 1. The van der Waals surface area contributed by atoms with Crippen LogP contribution in [0.4, 0.5) is 4.79 Å². The monoisotopic (exact) mass is 474 g/mol. The second-order valence-corrected chi connectivity index (χ2v) is 9.41. The lowest BCUT2D eigenvalue weighted by molar-refractivity contribution is -0.134. The Labute approximate surface area is 200 Å². The van der Waals surface area contributed by atoms with Crippen molar-refractivity contribution in [1.82, 2.24) is 10.2 Å². The average molecular weight is 475 g/mol. The predicted molar refractivity (Wildman–Crippen MR) is 130 cm³/mol. The van der Waals surface area contributed by atoms with Crippen molar-refractivity contribution in [2.24, 2.45) is 0 Å². The van der Waals surface area contributed by atoms with Crippen molar-refractivity contribution < 1.29 is 23.8 Å². The van der Waals surface area contributed by atoms with Crippen LogP contribution in [-0.4, -0.2) is 43.3 Å². The summed E-state index contributed by atoms with van der Waals surface area (Å²) in [6, 6.07) is 10.0. The minimum atomic E-state index is -1.00. The molecule has 1 atom stereocenters. The maximum absolute atomic E-state index is 13.9. The van der Waals surface area contributed by atoms with Crippen LogP contribution in [0.5, 0.6) is 5.75 Å². The molecule has 8 heteroatoms. The lowest BCUT2D eigenvalue weighted by Gasteiger charge is -2.30. The number of hydrogen-bond donors (Lipinski definition) is 1. The SMILES string of the molecule is CC/C=C(/CN(Cc1cccs1)C(=O)C(NC(=O)OC(C)(C)C)c1ccccc1OC)OC. The largest absolute Gasteiger partial charge is 0.500 e. The zero-order valence-electron chi connectivity index (χ0n) is 20.2. The summed E-state index contributed by atoms with van der Waals surface area (Å²) < 4.78 is 16.4. The lowest BCUT2D eigenvalue weighted by atomic mass is 10.0. The van der Waals surface area contributed by atoms with E-state index < -0.39 is 17.7 Å². The van der Waals surface area contributed by atoms with Gasteiger partial charge in [-0.1, -0.05) is 31.2 Å². The predicted octanol–water partition coefficient (Wildman–Crippen LogP) is 5.29. The van der Waals surface area contributed by atoms with Gasteiger partial charge < -0.3 is 24.4 Å². The fraction of sp³-hybridized carbons (Fsp3) is 0.440. The highest BCUT2D eigenvalue weighted by molar-refractivity contribution is 7.09. The number of carbonyl (C=O) groups excluding carboxylic acids is 2. The number of allylic oxidation sites excluding steroid dienone is 1. The number of para-hydroxylation sites is 1. The second-order valence-electron chi connectivity index (χ2n) is 8.38. The van der Waals surface area contributed by atoms with E-state index in [9.17, 15) is 9.59 Å². The summed E-state index contributed by atoms with van der Waals surface area (Å²) in [5, 5.41) is 4.72. The van der Waals surface area contributed by atoms with Gasteiger partial charge in [-0.15, -0.1) is 11.3 Å². The Bertz CT molecular complexity index is 935. The molecule has 0 aliphatic rings.